The third kappa shape index (κ3) is 4.15. The first-order valence-corrected chi connectivity index (χ1v) is 11.0. The van der Waals surface area contributed by atoms with Gasteiger partial charge in [0.15, 0.2) is 5.16 Å². The third-order valence-corrected chi connectivity index (χ3v) is 6.16. The number of aromatic nitrogens is 6. The molecule has 0 saturated carbocycles. The van der Waals surface area contributed by atoms with Crippen molar-refractivity contribution in [2.24, 2.45) is 0 Å². The Morgan fingerprint density at radius 2 is 1.83 bits per heavy atom. The fraction of sp³-hybridized carbons (Fsp3) is 0.421. The number of benzene rings is 1. The summed E-state index contributed by atoms with van der Waals surface area (Å²) in [6.45, 7) is 3.93. The summed E-state index contributed by atoms with van der Waals surface area (Å²) < 4.78 is 2.02. The molecule has 1 saturated heterocycles. The van der Waals surface area contributed by atoms with Crippen molar-refractivity contribution in [3.63, 3.8) is 0 Å². The molecule has 0 amide bonds. The van der Waals surface area contributed by atoms with Gasteiger partial charge in [0.25, 0.3) is 0 Å². The first-order valence-electron chi connectivity index (χ1n) is 9.74. The van der Waals surface area contributed by atoms with Crippen LogP contribution in [0.4, 0.5) is 17.8 Å². The molecule has 3 heterocycles. The lowest BCUT2D eigenvalue weighted by Crippen LogP contribution is -2.22. The van der Waals surface area contributed by atoms with Gasteiger partial charge in [-0.25, -0.2) is 0 Å². The van der Waals surface area contributed by atoms with Gasteiger partial charge in [-0.3, -0.25) is 4.57 Å². The molecule has 11 heteroatoms. The molecule has 158 valence electrons. The molecule has 0 aliphatic carbocycles. The van der Waals surface area contributed by atoms with Crippen LogP contribution >= 0.6 is 23.4 Å². The molecule has 1 unspecified atom stereocenters. The number of anilines is 3. The Labute approximate surface area is 184 Å². The summed E-state index contributed by atoms with van der Waals surface area (Å²) in [5, 5.41) is 10.2. The third-order valence-electron chi connectivity index (χ3n) is 4.80. The Hall–Kier alpha value is -2.59. The number of thioether (sulfide) groups is 1. The van der Waals surface area contributed by atoms with Crippen LogP contribution < -0.4 is 15.5 Å². The first kappa shape index (κ1) is 20.7. The highest BCUT2D eigenvalue weighted by Crippen LogP contribution is 2.37. The van der Waals surface area contributed by atoms with Gasteiger partial charge in [0.05, 0.1) is 16.0 Å². The molecule has 1 aromatic carbocycles. The lowest BCUT2D eigenvalue weighted by atomic mass is 10.3. The molecular formula is C19H24ClN9S. The fourth-order valence-corrected chi connectivity index (χ4v) is 4.41. The molecule has 1 aliphatic heterocycles. The van der Waals surface area contributed by atoms with Crippen LogP contribution in [0.2, 0.25) is 5.02 Å². The van der Waals surface area contributed by atoms with Gasteiger partial charge in [-0.1, -0.05) is 35.5 Å². The summed E-state index contributed by atoms with van der Waals surface area (Å²) in [6, 6.07) is 7.73. The van der Waals surface area contributed by atoms with Crippen LogP contribution in [0.1, 0.15) is 30.8 Å². The van der Waals surface area contributed by atoms with Gasteiger partial charge in [0.2, 0.25) is 17.8 Å². The van der Waals surface area contributed by atoms with Crippen molar-refractivity contribution in [3.8, 4) is 5.69 Å². The van der Waals surface area contributed by atoms with Crippen molar-refractivity contribution in [3.05, 3.63) is 35.1 Å². The zero-order chi connectivity index (χ0) is 21.3. The van der Waals surface area contributed by atoms with E-state index in [1.807, 2.05) is 49.9 Å². The smallest absolute Gasteiger partial charge is 0.232 e. The molecule has 2 N–H and O–H groups in total. The normalized spacial score (nSPS) is 14.9. The van der Waals surface area contributed by atoms with Crippen LogP contribution in [0.15, 0.2) is 29.4 Å². The van der Waals surface area contributed by atoms with Gasteiger partial charge in [-0.05, 0) is 31.9 Å². The molecule has 3 aromatic rings. The second-order valence-electron chi connectivity index (χ2n) is 7.27. The van der Waals surface area contributed by atoms with Crippen molar-refractivity contribution in [1.29, 1.82) is 0 Å². The molecule has 0 radical (unpaired) electrons. The van der Waals surface area contributed by atoms with E-state index < -0.39 is 0 Å². The molecule has 1 aliphatic rings. The Morgan fingerprint density at radius 1 is 1.10 bits per heavy atom. The minimum absolute atomic E-state index is 0.120. The van der Waals surface area contributed by atoms with E-state index >= 15 is 0 Å². The zero-order valence-corrected chi connectivity index (χ0v) is 18.7. The van der Waals surface area contributed by atoms with E-state index in [9.17, 15) is 0 Å². The Morgan fingerprint density at radius 3 is 2.53 bits per heavy atom. The van der Waals surface area contributed by atoms with Crippen LogP contribution in [0, 0.1) is 0 Å². The molecule has 0 spiro atoms. The maximum atomic E-state index is 6.54. The largest absolute Gasteiger partial charge is 0.368 e. The second kappa shape index (κ2) is 8.65. The summed E-state index contributed by atoms with van der Waals surface area (Å²) in [5.41, 5.74) is 6.75. The topological polar surface area (TPSA) is 102 Å². The molecule has 2 aromatic heterocycles. The molecule has 0 bridgehead atoms. The summed E-state index contributed by atoms with van der Waals surface area (Å²) in [5.74, 6) is 2.11. The highest BCUT2D eigenvalue weighted by Gasteiger charge is 2.25. The summed E-state index contributed by atoms with van der Waals surface area (Å²) >= 11 is 8.05. The van der Waals surface area contributed by atoms with E-state index in [1.54, 1.807) is 4.90 Å². The predicted octanol–water partition coefficient (Wildman–Crippen LogP) is 3.21. The molecule has 4 rings (SSSR count). The number of para-hydroxylation sites is 1. The van der Waals surface area contributed by atoms with E-state index in [0.717, 1.165) is 42.7 Å². The van der Waals surface area contributed by atoms with E-state index in [-0.39, 0.29) is 11.2 Å². The number of nitrogens with two attached hydrogens (primary N) is 1. The first-order chi connectivity index (χ1) is 14.4. The van der Waals surface area contributed by atoms with Gasteiger partial charge in [0, 0.05) is 27.2 Å². The molecule has 1 atom stereocenters. The average Bonchev–Trinajstić information content (AvgIpc) is 3.38. The van der Waals surface area contributed by atoms with Gasteiger partial charge < -0.3 is 15.5 Å². The maximum absolute atomic E-state index is 6.54. The van der Waals surface area contributed by atoms with Gasteiger partial charge in [-0.15, -0.1) is 10.2 Å². The van der Waals surface area contributed by atoms with Crippen molar-refractivity contribution >= 4 is 41.2 Å². The highest BCUT2D eigenvalue weighted by atomic mass is 35.5. The second-order valence-corrected chi connectivity index (χ2v) is 8.99. The van der Waals surface area contributed by atoms with Crippen molar-refractivity contribution < 1.29 is 0 Å². The zero-order valence-electron chi connectivity index (χ0n) is 17.2. The van der Waals surface area contributed by atoms with E-state index in [4.69, 9.17) is 17.3 Å². The number of nitrogen functional groups attached to an aromatic ring is 1. The minimum Gasteiger partial charge on any atom is -0.368 e. The molecule has 1 fully saturated rings. The number of halogens is 1. The summed E-state index contributed by atoms with van der Waals surface area (Å²) in [7, 11) is 3.74. The molecule has 9 nitrogen and oxygen atoms in total. The fourth-order valence-electron chi connectivity index (χ4n) is 3.29. The SMILES string of the molecule is CC(Sc1nnc(N2CCCC2)n1-c1ccccc1Cl)c1nc(N)nc(N(C)C)n1. The van der Waals surface area contributed by atoms with Crippen LogP contribution in [0.3, 0.4) is 0 Å². The Kier molecular flexibility index (Phi) is 5.96. The van der Waals surface area contributed by atoms with E-state index in [2.05, 4.69) is 30.0 Å². The lowest BCUT2D eigenvalue weighted by molar-refractivity contribution is 0.828. The number of rotatable bonds is 6. The number of hydrogen-bond donors (Lipinski definition) is 1. The molecular weight excluding hydrogens is 422 g/mol. The van der Waals surface area contributed by atoms with Crippen molar-refractivity contribution in [2.75, 3.05) is 42.7 Å². The van der Waals surface area contributed by atoms with E-state index in [0.29, 0.717) is 16.8 Å². The van der Waals surface area contributed by atoms with E-state index in [1.165, 1.54) is 11.8 Å². The predicted molar refractivity (Wildman–Crippen MR) is 121 cm³/mol. The highest BCUT2D eigenvalue weighted by molar-refractivity contribution is 7.99. The summed E-state index contributed by atoms with van der Waals surface area (Å²) in [4.78, 5) is 17.1. The van der Waals surface area contributed by atoms with Crippen LogP contribution in [0.5, 0.6) is 0 Å². The quantitative estimate of drug-likeness (QED) is 0.573. The van der Waals surface area contributed by atoms with Crippen LogP contribution in [0.25, 0.3) is 5.69 Å². The Bertz CT molecular complexity index is 1030. The van der Waals surface area contributed by atoms with Crippen LogP contribution in [-0.4, -0.2) is 56.9 Å². The van der Waals surface area contributed by atoms with Crippen molar-refractivity contribution in [1.82, 2.24) is 29.7 Å². The van der Waals surface area contributed by atoms with Crippen molar-refractivity contribution in [2.45, 2.75) is 30.2 Å². The standard InChI is InChI=1S/C19H24ClN9S/c1-12(15-22-16(21)24-17(23-15)27(2)3)30-19-26-25-18(28-10-6-7-11-28)29(19)14-9-5-4-8-13(14)20/h4-5,8-9,12H,6-7,10-11H2,1-3H3,(H2,21,22,23,24). The number of hydrogen-bond acceptors (Lipinski definition) is 9. The maximum Gasteiger partial charge on any atom is 0.232 e. The monoisotopic (exact) mass is 445 g/mol. The average molecular weight is 446 g/mol. The minimum atomic E-state index is -0.120. The van der Waals surface area contributed by atoms with Gasteiger partial charge >= 0.3 is 0 Å². The van der Waals surface area contributed by atoms with Gasteiger partial charge in [-0.2, -0.15) is 15.0 Å². The Balaban J connectivity index is 1.72. The lowest BCUT2D eigenvalue weighted by Gasteiger charge is -2.20. The number of nitrogens with zero attached hydrogens (tertiary/aromatic N) is 8. The van der Waals surface area contributed by atoms with Crippen LogP contribution in [-0.2, 0) is 0 Å². The van der Waals surface area contributed by atoms with Gasteiger partial charge in [0.1, 0.15) is 5.82 Å². The molecule has 30 heavy (non-hydrogen) atoms. The summed E-state index contributed by atoms with van der Waals surface area (Å²) in [6.07, 6.45) is 2.29.